The van der Waals surface area contributed by atoms with Gasteiger partial charge in [-0.25, -0.2) is 9.36 Å². The van der Waals surface area contributed by atoms with Crippen molar-refractivity contribution in [1.82, 2.24) is 9.55 Å². The fraction of sp³-hybridized carbons (Fsp3) is 0.217. The van der Waals surface area contributed by atoms with E-state index < -0.39 is 34.0 Å². The van der Waals surface area contributed by atoms with Crippen LogP contribution in [0.5, 0.6) is 0 Å². The predicted octanol–water partition coefficient (Wildman–Crippen LogP) is 2.91. The maximum Gasteiger partial charge on any atom is 0.333 e. The first kappa shape index (κ1) is 19.6. The van der Waals surface area contributed by atoms with Gasteiger partial charge in [0.15, 0.2) is 11.6 Å². The zero-order valence-corrected chi connectivity index (χ0v) is 16.6. The molecule has 1 aliphatic rings. The van der Waals surface area contributed by atoms with Gasteiger partial charge in [0.2, 0.25) is 0 Å². The molecule has 152 valence electrons. The van der Waals surface area contributed by atoms with E-state index in [4.69, 9.17) is 0 Å². The number of ketones is 2. The molecule has 1 saturated carbocycles. The largest absolute Gasteiger partial charge is 0.506 e. The minimum absolute atomic E-state index is 0.152. The lowest BCUT2D eigenvalue weighted by molar-refractivity contribution is -0.127. The Labute approximate surface area is 171 Å². The van der Waals surface area contributed by atoms with Crippen LogP contribution in [0.3, 0.4) is 0 Å². The fourth-order valence-corrected chi connectivity index (χ4v) is 3.85. The van der Waals surface area contributed by atoms with Crippen LogP contribution in [-0.2, 0) is 9.59 Å². The summed E-state index contributed by atoms with van der Waals surface area (Å²) in [5.74, 6) is -1.28. The number of hydrogen-bond donors (Lipinski definition) is 2. The van der Waals surface area contributed by atoms with Crippen molar-refractivity contribution >= 4 is 28.2 Å². The van der Waals surface area contributed by atoms with Crippen LogP contribution in [0.25, 0.3) is 22.3 Å². The number of fused-ring (bicyclic) bond motifs is 1. The molecule has 7 heteroatoms. The predicted molar refractivity (Wildman–Crippen MR) is 113 cm³/mol. The number of Topliss-reactive ketones (excluding diaryl/α,β-unsaturated/α-hetero) is 2. The van der Waals surface area contributed by atoms with E-state index in [-0.39, 0.29) is 29.4 Å². The molecule has 2 aromatic carbocycles. The molecule has 1 fully saturated rings. The second-order valence-electron chi connectivity index (χ2n) is 8.25. The maximum atomic E-state index is 13.0. The Balaban J connectivity index is 1.90. The number of nitrogens with one attached hydrogen (secondary N) is 1. The summed E-state index contributed by atoms with van der Waals surface area (Å²) in [6.45, 7) is 3.66. The van der Waals surface area contributed by atoms with Crippen molar-refractivity contribution in [3.05, 3.63) is 80.5 Å². The average molecular weight is 404 g/mol. The number of allylic oxidation sites excluding steroid dienone is 1. The number of aliphatic hydroxyl groups excluding tert-OH is 1. The van der Waals surface area contributed by atoms with Crippen LogP contribution in [-0.4, -0.2) is 26.2 Å². The van der Waals surface area contributed by atoms with Gasteiger partial charge in [-0.15, -0.1) is 0 Å². The van der Waals surface area contributed by atoms with E-state index in [0.29, 0.717) is 11.2 Å². The van der Waals surface area contributed by atoms with E-state index in [1.807, 2.05) is 13.8 Å². The Bertz CT molecular complexity index is 1320. The molecule has 0 spiro atoms. The lowest BCUT2D eigenvalue weighted by Gasteiger charge is -2.28. The summed E-state index contributed by atoms with van der Waals surface area (Å²) >= 11 is 0. The molecule has 1 aliphatic carbocycles. The zero-order chi connectivity index (χ0) is 21.6. The smallest absolute Gasteiger partial charge is 0.333 e. The van der Waals surface area contributed by atoms with Crippen molar-refractivity contribution in [1.29, 1.82) is 0 Å². The number of aromatic nitrogens is 2. The third-order valence-corrected chi connectivity index (χ3v) is 5.26. The number of benzene rings is 2. The molecule has 1 heterocycles. The van der Waals surface area contributed by atoms with E-state index in [2.05, 4.69) is 4.98 Å². The Morgan fingerprint density at radius 2 is 1.60 bits per heavy atom. The topological polar surface area (TPSA) is 109 Å². The van der Waals surface area contributed by atoms with Crippen molar-refractivity contribution < 1.29 is 14.7 Å². The molecule has 0 unspecified atom stereocenters. The minimum atomic E-state index is -0.589. The van der Waals surface area contributed by atoms with Gasteiger partial charge in [-0.2, -0.15) is 0 Å². The highest BCUT2D eigenvalue weighted by molar-refractivity contribution is 6.26. The van der Waals surface area contributed by atoms with Crippen LogP contribution in [0.1, 0.15) is 32.3 Å². The quantitative estimate of drug-likeness (QED) is 0.388. The number of hydrogen-bond acceptors (Lipinski definition) is 5. The molecule has 0 saturated heterocycles. The summed E-state index contributed by atoms with van der Waals surface area (Å²) in [7, 11) is 0. The molecule has 0 atom stereocenters. The first-order chi connectivity index (χ1) is 14.2. The molecule has 3 aromatic rings. The standard InChI is InChI=1S/C23H20N2O5/c1-23(2)11-17(26)19(18(27)12-23)20(28)13-8-9-16-15(10-13)21(29)25(22(30)24-16)14-6-4-3-5-7-14/h3-10,28H,11-12H2,1-2H3,(H,24,30). The number of para-hydroxylation sites is 1. The summed E-state index contributed by atoms with van der Waals surface area (Å²) < 4.78 is 0.996. The normalized spacial score (nSPS) is 16.1. The highest BCUT2D eigenvalue weighted by atomic mass is 16.3. The molecule has 7 nitrogen and oxygen atoms in total. The third kappa shape index (κ3) is 3.28. The molecule has 0 radical (unpaired) electrons. The van der Waals surface area contributed by atoms with E-state index in [1.54, 1.807) is 30.3 Å². The van der Waals surface area contributed by atoms with Crippen LogP contribution < -0.4 is 11.2 Å². The summed E-state index contributed by atoms with van der Waals surface area (Å²) in [5.41, 5.74) is -0.982. The molecule has 2 N–H and O–H groups in total. The number of aromatic amines is 1. The summed E-state index contributed by atoms with van der Waals surface area (Å²) in [6.07, 6.45) is 0.305. The Hall–Kier alpha value is -3.74. The van der Waals surface area contributed by atoms with Crippen LogP contribution in [0.15, 0.2) is 63.7 Å². The summed E-state index contributed by atoms with van der Waals surface area (Å²) in [4.78, 5) is 53.1. The van der Waals surface area contributed by atoms with Gasteiger partial charge in [-0.05, 0) is 35.7 Å². The van der Waals surface area contributed by atoms with E-state index >= 15 is 0 Å². The van der Waals surface area contributed by atoms with Gasteiger partial charge in [0.05, 0.1) is 16.6 Å². The minimum Gasteiger partial charge on any atom is -0.506 e. The van der Waals surface area contributed by atoms with Crippen LogP contribution in [0.2, 0.25) is 0 Å². The first-order valence-corrected chi connectivity index (χ1v) is 9.52. The SMILES string of the molecule is CC1(C)CC(=O)C(=C(O)c2ccc3[nH]c(=O)n(-c4ccccc4)c(=O)c3c2)C(=O)C1. The molecule has 0 amide bonds. The van der Waals surface area contributed by atoms with Gasteiger partial charge >= 0.3 is 5.69 Å². The molecule has 0 bridgehead atoms. The molecular weight excluding hydrogens is 384 g/mol. The van der Waals surface area contributed by atoms with Crippen molar-refractivity contribution in [2.24, 2.45) is 5.41 Å². The van der Waals surface area contributed by atoms with Crippen molar-refractivity contribution in [3.63, 3.8) is 0 Å². The number of H-pyrrole nitrogens is 1. The van der Waals surface area contributed by atoms with Gasteiger partial charge < -0.3 is 10.1 Å². The van der Waals surface area contributed by atoms with Crippen molar-refractivity contribution in [2.75, 3.05) is 0 Å². The Morgan fingerprint density at radius 3 is 2.23 bits per heavy atom. The molecule has 0 aliphatic heterocycles. The molecule has 30 heavy (non-hydrogen) atoms. The van der Waals surface area contributed by atoms with Crippen LogP contribution in [0.4, 0.5) is 0 Å². The van der Waals surface area contributed by atoms with E-state index in [1.165, 1.54) is 18.2 Å². The van der Waals surface area contributed by atoms with Gasteiger partial charge in [-0.3, -0.25) is 14.4 Å². The van der Waals surface area contributed by atoms with Gasteiger partial charge in [-0.1, -0.05) is 32.0 Å². The van der Waals surface area contributed by atoms with E-state index in [9.17, 15) is 24.3 Å². The van der Waals surface area contributed by atoms with Crippen molar-refractivity contribution in [2.45, 2.75) is 26.7 Å². The lowest BCUT2D eigenvalue weighted by atomic mass is 9.73. The highest BCUT2D eigenvalue weighted by Gasteiger charge is 2.37. The first-order valence-electron chi connectivity index (χ1n) is 9.52. The molecule has 1 aromatic heterocycles. The molecular formula is C23H20N2O5. The van der Waals surface area contributed by atoms with Gasteiger partial charge in [0.1, 0.15) is 11.3 Å². The highest BCUT2D eigenvalue weighted by Crippen LogP contribution is 2.36. The monoisotopic (exact) mass is 404 g/mol. The zero-order valence-electron chi connectivity index (χ0n) is 16.6. The summed E-state index contributed by atoms with van der Waals surface area (Å²) in [6, 6.07) is 12.8. The third-order valence-electron chi connectivity index (χ3n) is 5.26. The number of aliphatic hydroxyl groups is 1. The lowest BCUT2D eigenvalue weighted by Crippen LogP contribution is -2.33. The second kappa shape index (κ2) is 6.95. The summed E-state index contributed by atoms with van der Waals surface area (Å²) in [5, 5.41) is 10.9. The second-order valence-corrected chi connectivity index (χ2v) is 8.25. The van der Waals surface area contributed by atoms with Gasteiger partial charge in [0.25, 0.3) is 5.56 Å². The molecule has 4 rings (SSSR count). The number of carbonyl (C=O) groups excluding carboxylic acids is 2. The van der Waals surface area contributed by atoms with Crippen LogP contribution in [0, 0.1) is 5.41 Å². The van der Waals surface area contributed by atoms with Crippen molar-refractivity contribution in [3.8, 4) is 5.69 Å². The van der Waals surface area contributed by atoms with Crippen LogP contribution >= 0.6 is 0 Å². The number of rotatable bonds is 2. The van der Waals surface area contributed by atoms with Gasteiger partial charge in [0, 0.05) is 18.4 Å². The fourth-order valence-electron chi connectivity index (χ4n) is 3.85. The average Bonchev–Trinajstić information content (AvgIpc) is 2.67. The Kier molecular flexibility index (Phi) is 4.53. The number of nitrogens with zero attached hydrogens (tertiary/aromatic N) is 1. The van der Waals surface area contributed by atoms with E-state index in [0.717, 1.165) is 4.57 Å². The maximum absolute atomic E-state index is 13.0. The Morgan fingerprint density at radius 1 is 0.967 bits per heavy atom. The number of carbonyl (C=O) groups is 2.